The Morgan fingerprint density at radius 2 is 1.48 bits per heavy atom. The number of carbonyl (C=O) groups is 1. The van der Waals surface area contributed by atoms with Crippen LogP contribution in [0.15, 0.2) is 54.6 Å². The van der Waals surface area contributed by atoms with Crippen LogP contribution in [0, 0.1) is 0 Å². The summed E-state index contributed by atoms with van der Waals surface area (Å²) in [6, 6.07) is 18.1. The maximum absolute atomic E-state index is 12.8. The van der Waals surface area contributed by atoms with Gasteiger partial charge in [-0.2, -0.15) is 0 Å². The smallest absolute Gasteiger partial charge is 0.0838 e. The van der Waals surface area contributed by atoms with E-state index >= 15 is 0 Å². The van der Waals surface area contributed by atoms with Gasteiger partial charge in [-0.05, 0) is 23.3 Å². The maximum atomic E-state index is 12.8. The summed E-state index contributed by atoms with van der Waals surface area (Å²) >= 11 is 0. The van der Waals surface area contributed by atoms with Crippen LogP contribution in [0.1, 0.15) is 49.4 Å². The number of nitrogens with two attached hydrogens (primary N) is 1. The Hall–Kier alpha value is -2.39. The number of hydrogen-bond acceptors (Lipinski definition) is 2. The van der Waals surface area contributed by atoms with Crippen molar-refractivity contribution in [1.29, 1.82) is 0 Å². The van der Waals surface area contributed by atoms with Gasteiger partial charge in [0.1, 0.15) is 6.54 Å². The van der Waals surface area contributed by atoms with Crippen LogP contribution >= 0.6 is 0 Å². The third-order valence-electron chi connectivity index (χ3n) is 4.59. The molecule has 25 heavy (non-hydrogen) atoms. The molecular formula is C22H26NO2+2. The zero-order valence-electron chi connectivity index (χ0n) is 14.8. The number of hydrogen-bond donors (Lipinski definition) is 1. The molecule has 3 heteroatoms. The van der Waals surface area contributed by atoms with E-state index in [2.05, 4.69) is 13.0 Å². The summed E-state index contributed by atoms with van der Waals surface area (Å²) in [4.78, 5) is 18.2. The molecule has 3 aromatic rings. The summed E-state index contributed by atoms with van der Waals surface area (Å²) < 4.78 is 0. The van der Waals surface area contributed by atoms with E-state index in [-0.39, 0.29) is 5.97 Å². The van der Waals surface area contributed by atoms with Crippen molar-refractivity contribution in [3.63, 3.8) is 0 Å². The van der Waals surface area contributed by atoms with E-state index in [0.29, 0.717) is 5.56 Å². The second-order valence-electron chi connectivity index (χ2n) is 6.47. The van der Waals surface area contributed by atoms with Crippen LogP contribution in [-0.2, 0) is 4.84 Å². The van der Waals surface area contributed by atoms with Gasteiger partial charge in [0.05, 0.1) is 4.79 Å². The molecule has 0 heterocycles. The number of quaternary nitrogens is 1. The quantitative estimate of drug-likeness (QED) is 0.283. The van der Waals surface area contributed by atoms with Gasteiger partial charge in [0.15, 0.2) is 5.56 Å². The summed E-state index contributed by atoms with van der Waals surface area (Å²) in [6.07, 6.45) is 6.05. The first kappa shape index (κ1) is 17.4. The fourth-order valence-electron chi connectivity index (χ4n) is 3.26. The van der Waals surface area contributed by atoms with Gasteiger partial charge in [-0.25, -0.2) is 0 Å². The standard InChI is InChI=1S/C22H25NO2/c1-2-3-4-5-10-15-23-25-22(24)21-19-13-8-6-11-17(19)16-18-12-7-9-14-20(18)21/h6-9,11-14,16,23H,2-5,10,15H2,1H3/q+1/p+1. The summed E-state index contributed by atoms with van der Waals surface area (Å²) in [5.74, 6) is -0.262. The Morgan fingerprint density at radius 3 is 2.12 bits per heavy atom. The monoisotopic (exact) mass is 336 g/mol. The number of carbonyl (C=O) groups excluding carboxylic acids is 1. The highest BCUT2D eigenvalue weighted by molar-refractivity contribution is 6.16. The van der Waals surface area contributed by atoms with Crippen LogP contribution in [0.2, 0.25) is 0 Å². The number of benzene rings is 3. The Kier molecular flexibility index (Phi) is 6.02. The molecular weight excluding hydrogens is 310 g/mol. The second kappa shape index (κ2) is 8.63. The van der Waals surface area contributed by atoms with Crippen LogP contribution in [0.5, 0.6) is 0 Å². The number of unbranched alkanes of at least 4 members (excludes halogenated alkanes) is 4. The van der Waals surface area contributed by atoms with Crippen LogP contribution in [0.4, 0.5) is 0 Å². The minimum Gasteiger partial charge on any atom is -0.0838 e. The van der Waals surface area contributed by atoms with Crippen molar-refractivity contribution < 1.29 is 15.1 Å². The lowest BCUT2D eigenvalue weighted by Gasteiger charge is -2.05. The number of hydroxylamine groups is 1. The van der Waals surface area contributed by atoms with Crippen molar-refractivity contribution in [3.05, 3.63) is 60.2 Å². The minimum atomic E-state index is -0.262. The molecule has 0 bridgehead atoms. The van der Waals surface area contributed by atoms with Crippen LogP contribution in [-0.4, -0.2) is 12.5 Å². The first-order valence-electron chi connectivity index (χ1n) is 9.24. The van der Waals surface area contributed by atoms with Gasteiger partial charge in [-0.15, -0.1) is 0 Å². The summed E-state index contributed by atoms with van der Waals surface area (Å²) in [5.41, 5.74) is 2.33. The highest BCUT2D eigenvalue weighted by Crippen LogP contribution is 2.28. The molecule has 3 rings (SSSR count). The Bertz CT molecular complexity index is 803. The largest absolute Gasteiger partial charge is 0.671 e. The predicted octanol–water partition coefficient (Wildman–Crippen LogP) is 4.60. The van der Waals surface area contributed by atoms with Gasteiger partial charge in [0.2, 0.25) is 0 Å². The molecule has 0 aliphatic carbocycles. The Labute approximate surface area is 148 Å². The Morgan fingerprint density at radius 1 is 0.880 bits per heavy atom. The minimum absolute atomic E-state index is 0.262. The van der Waals surface area contributed by atoms with Crippen molar-refractivity contribution >= 4 is 27.5 Å². The van der Waals surface area contributed by atoms with Gasteiger partial charge >= 0.3 is 5.97 Å². The molecule has 0 saturated carbocycles. The maximum Gasteiger partial charge on any atom is 0.671 e. The van der Waals surface area contributed by atoms with Gasteiger partial charge in [-0.3, -0.25) is 0 Å². The topological polar surface area (TPSA) is 45.7 Å². The molecule has 0 atom stereocenters. The Balaban J connectivity index is 1.75. The molecule has 3 aromatic carbocycles. The molecule has 129 valence electrons. The van der Waals surface area contributed by atoms with Crippen LogP contribution < -0.4 is 5.48 Å². The third kappa shape index (κ3) is 4.18. The molecule has 0 spiro atoms. The summed E-state index contributed by atoms with van der Waals surface area (Å²) in [6.45, 7) is 3.03. The molecule has 0 fully saturated rings. The molecule has 0 aliphatic heterocycles. The van der Waals surface area contributed by atoms with Gasteiger partial charge in [0.25, 0.3) is 0 Å². The summed E-state index contributed by atoms with van der Waals surface area (Å²) in [7, 11) is 0. The zero-order valence-corrected chi connectivity index (χ0v) is 14.8. The molecule has 0 aromatic heterocycles. The van der Waals surface area contributed by atoms with E-state index in [0.717, 1.165) is 34.5 Å². The zero-order chi connectivity index (χ0) is 17.5. The number of fused-ring (bicyclic) bond motifs is 2. The fraction of sp³-hybridized carbons (Fsp3) is 0.318. The molecule has 0 saturated heterocycles. The van der Waals surface area contributed by atoms with Crippen molar-refractivity contribution in [3.8, 4) is 0 Å². The van der Waals surface area contributed by atoms with Gasteiger partial charge in [0, 0.05) is 17.2 Å². The predicted molar refractivity (Wildman–Crippen MR) is 102 cm³/mol. The normalized spacial score (nSPS) is 11.1. The highest BCUT2D eigenvalue weighted by atomic mass is 16.7. The van der Waals surface area contributed by atoms with Crippen LogP contribution in [0.25, 0.3) is 21.5 Å². The molecule has 3 nitrogen and oxygen atoms in total. The summed E-state index contributed by atoms with van der Waals surface area (Å²) in [5, 5.41) is 4.02. The van der Waals surface area contributed by atoms with Crippen molar-refractivity contribution in [2.45, 2.75) is 39.0 Å². The molecule has 0 aliphatic rings. The SMILES string of the molecule is CCCCCCC[NH2+]OC(=[O+])c1c2ccccc2cc2ccccc12. The average molecular weight is 336 g/mol. The van der Waals surface area contributed by atoms with E-state index in [1.807, 2.05) is 48.5 Å². The highest BCUT2D eigenvalue weighted by Gasteiger charge is 2.29. The third-order valence-corrected chi connectivity index (χ3v) is 4.59. The van der Waals surface area contributed by atoms with Crippen molar-refractivity contribution in [2.75, 3.05) is 6.54 Å². The molecule has 0 unspecified atom stereocenters. The second-order valence-corrected chi connectivity index (χ2v) is 6.47. The first-order valence-corrected chi connectivity index (χ1v) is 9.24. The molecule has 0 amide bonds. The van der Waals surface area contributed by atoms with E-state index in [1.54, 1.807) is 5.48 Å². The van der Waals surface area contributed by atoms with Crippen molar-refractivity contribution in [1.82, 2.24) is 0 Å². The van der Waals surface area contributed by atoms with Gasteiger partial charge < -0.3 is 0 Å². The average Bonchev–Trinajstić information content (AvgIpc) is 2.65. The lowest BCUT2D eigenvalue weighted by Crippen LogP contribution is -2.84. The lowest BCUT2D eigenvalue weighted by molar-refractivity contribution is -0.870. The van der Waals surface area contributed by atoms with Crippen molar-refractivity contribution in [2.24, 2.45) is 0 Å². The van der Waals surface area contributed by atoms with E-state index in [4.69, 9.17) is 4.84 Å². The fourth-order valence-corrected chi connectivity index (χ4v) is 3.26. The van der Waals surface area contributed by atoms with Crippen LogP contribution in [0.3, 0.4) is 0 Å². The molecule has 2 N–H and O–H groups in total. The van der Waals surface area contributed by atoms with Gasteiger partial charge in [-0.1, -0.05) is 85.0 Å². The van der Waals surface area contributed by atoms with E-state index < -0.39 is 0 Å². The number of rotatable bonds is 8. The first-order chi connectivity index (χ1) is 12.3. The molecule has 1 radical (unpaired) electrons. The van der Waals surface area contributed by atoms with E-state index in [9.17, 15) is 4.79 Å². The van der Waals surface area contributed by atoms with E-state index in [1.165, 1.54) is 25.7 Å². The lowest BCUT2D eigenvalue weighted by atomic mass is 9.97.